The van der Waals surface area contributed by atoms with Crippen LogP contribution in [0.15, 0.2) is 0 Å². The van der Waals surface area contributed by atoms with E-state index in [2.05, 4.69) is 38.3 Å². The van der Waals surface area contributed by atoms with Gasteiger partial charge in [0.1, 0.15) is 0 Å². The van der Waals surface area contributed by atoms with Crippen LogP contribution in [-0.2, 0) is 4.79 Å². The summed E-state index contributed by atoms with van der Waals surface area (Å²) in [7, 11) is 0. The number of rotatable bonds is 5. The molecule has 1 fully saturated rings. The summed E-state index contributed by atoms with van der Waals surface area (Å²) in [5.74, 6) is 1.33. The van der Waals surface area contributed by atoms with Gasteiger partial charge in [0.05, 0.1) is 0 Å². The molecule has 1 aliphatic rings. The van der Waals surface area contributed by atoms with E-state index in [1.807, 2.05) is 0 Å². The number of amides is 1. The second-order valence-corrected chi connectivity index (χ2v) is 5.68. The van der Waals surface area contributed by atoms with Crippen molar-refractivity contribution in [3.05, 3.63) is 0 Å². The molecule has 1 saturated heterocycles. The summed E-state index contributed by atoms with van der Waals surface area (Å²) < 4.78 is 0. The van der Waals surface area contributed by atoms with Gasteiger partial charge in [-0.15, -0.1) is 0 Å². The Morgan fingerprint density at radius 3 is 2.71 bits per heavy atom. The van der Waals surface area contributed by atoms with Gasteiger partial charge in [-0.3, -0.25) is 4.79 Å². The number of carbonyl (C=O) groups excluding carboxylic acids is 1. The Bertz CT molecular complexity index is 240. The van der Waals surface area contributed by atoms with Crippen LogP contribution in [-0.4, -0.2) is 24.5 Å². The van der Waals surface area contributed by atoms with E-state index in [0.29, 0.717) is 30.3 Å². The van der Waals surface area contributed by atoms with Crippen molar-refractivity contribution in [1.29, 1.82) is 0 Å². The fraction of sp³-hybridized carbons (Fsp3) is 0.929. The van der Waals surface area contributed by atoms with Crippen LogP contribution in [0, 0.1) is 11.8 Å². The lowest BCUT2D eigenvalue weighted by Gasteiger charge is -2.31. The molecule has 0 aromatic heterocycles. The van der Waals surface area contributed by atoms with Gasteiger partial charge in [-0.05, 0) is 38.1 Å². The number of hydrogen-bond acceptors (Lipinski definition) is 2. The normalized spacial score (nSPS) is 26.9. The minimum absolute atomic E-state index is 0.228. The standard InChI is InChI=1S/C14H28N2O/c1-5-12(10(2)3)9-14(17)16-13-7-6-8-15-11(13)4/h10-13,15H,5-9H2,1-4H3,(H,16,17). The molecule has 1 rings (SSSR count). The lowest BCUT2D eigenvalue weighted by Crippen LogP contribution is -2.52. The molecule has 1 amide bonds. The van der Waals surface area contributed by atoms with Crippen LogP contribution in [0.1, 0.15) is 53.4 Å². The largest absolute Gasteiger partial charge is 0.352 e. The van der Waals surface area contributed by atoms with Gasteiger partial charge < -0.3 is 10.6 Å². The first-order chi connectivity index (χ1) is 8.04. The molecular formula is C14H28N2O. The maximum atomic E-state index is 12.0. The summed E-state index contributed by atoms with van der Waals surface area (Å²) in [6.07, 6.45) is 4.04. The van der Waals surface area contributed by atoms with Crippen molar-refractivity contribution in [3.63, 3.8) is 0 Å². The maximum Gasteiger partial charge on any atom is 0.220 e. The third kappa shape index (κ3) is 4.66. The first-order valence-corrected chi connectivity index (χ1v) is 7.07. The van der Waals surface area contributed by atoms with Crippen molar-refractivity contribution in [3.8, 4) is 0 Å². The molecule has 0 spiro atoms. The molecule has 17 heavy (non-hydrogen) atoms. The minimum atomic E-state index is 0.228. The number of nitrogens with one attached hydrogen (secondary N) is 2. The zero-order valence-corrected chi connectivity index (χ0v) is 11.8. The van der Waals surface area contributed by atoms with Crippen LogP contribution >= 0.6 is 0 Å². The Morgan fingerprint density at radius 1 is 1.47 bits per heavy atom. The van der Waals surface area contributed by atoms with Crippen molar-refractivity contribution in [2.45, 2.75) is 65.5 Å². The molecule has 3 heteroatoms. The topological polar surface area (TPSA) is 41.1 Å². The smallest absolute Gasteiger partial charge is 0.220 e. The van der Waals surface area contributed by atoms with E-state index >= 15 is 0 Å². The van der Waals surface area contributed by atoms with E-state index in [4.69, 9.17) is 0 Å². The minimum Gasteiger partial charge on any atom is -0.352 e. The molecule has 0 aromatic rings. The molecule has 100 valence electrons. The highest BCUT2D eigenvalue weighted by molar-refractivity contribution is 5.76. The fourth-order valence-electron chi connectivity index (χ4n) is 2.60. The van der Waals surface area contributed by atoms with E-state index in [0.717, 1.165) is 25.8 Å². The van der Waals surface area contributed by atoms with Crippen molar-refractivity contribution in [1.82, 2.24) is 10.6 Å². The predicted octanol–water partition coefficient (Wildman–Crippen LogP) is 2.32. The van der Waals surface area contributed by atoms with E-state index in [9.17, 15) is 4.79 Å². The van der Waals surface area contributed by atoms with Gasteiger partial charge in [0.15, 0.2) is 0 Å². The van der Waals surface area contributed by atoms with Crippen molar-refractivity contribution >= 4 is 5.91 Å². The van der Waals surface area contributed by atoms with Gasteiger partial charge in [-0.1, -0.05) is 27.2 Å². The second-order valence-electron chi connectivity index (χ2n) is 5.68. The van der Waals surface area contributed by atoms with Gasteiger partial charge in [-0.25, -0.2) is 0 Å². The summed E-state index contributed by atoms with van der Waals surface area (Å²) >= 11 is 0. The molecule has 0 bridgehead atoms. The fourth-order valence-corrected chi connectivity index (χ4v) is 2.60. The Hall–Kier alpha value is -0.570. The highest BCUT2D eigenvalue weighted by Crippen LogP contribution is 2.19. The van der Waals surface area contributed by atoms with Crippen LogP contribution in [0.25, 0.3) is 0 Å². The first-order valence-electron chi connectivity index (χ1n) is 7.07. The SMILES string of the molecule is CCC(CC(=O)NC1CCCNC1C)C(C)C. The van der Waals surface area contributed by atoms with Crippen LogP contribution in [0.5, 0.6) is 0 Å². The van der Waals surface area contributed by atoms with Gasteiger partial charge in [0.2, 0.25) is 5.91 Å². The molecule has 0 radical (unpaired) electrons. The van der Waals surface area contributed by atoms with E-state index in [1.165, 1.54) is 0 Å². The zero-order chi connectivity index (χ0) is 12.8. The Morgan fingerprint density at radius 2 is 2.18 bits per heavy atom. The molecule has 2 N–H and O–H groups in total. The maximum absolute atomic E-state index is 12.0. The molecule has 3 unspecified atom stereocenters. The van der Waals surface area contributed by atoms with Crippen LogP contribution < -0.4 is 10.6 Å². The summed E-state index contributed by atoms with van der Waals surface area (Å²) in [5, 5.41) is 6.60. The third-order valence-corrected chi connectivity index (χ3v) is 4.02. The number of piperidine rings is 1. The zero-order valence-electron chi connectivity index (χ0n) is 11.8. The molecule has 0 saturated carbocycles. The van der Waals surface area contributed by atoms with Gasteiger partial charge in [-0.2, -0.15) is 0 Å². The van der Waals surface area contributed by atoms with E-state index in [1.54, 1.807) is 0 Å². The van der Waals surface area contributed by atoms with E-state index in [-0.39, 0.29) is 5.91 Å². The summed E-state index contributed by atoms with van der Waals surface area (Å²) in [6.45, 7) is 9.81. The summed E-state index contributed by atoms with van der Waals surface area (Å²) in [6, 6.07) is 0.729. The Kier molecular flexibility index (Phi) is 5.96. The lowest BCUT2D eigenvalue weighted by atomic mass is 9.89. The van der Waals surface area contributed by atoms with Crippen molar-refractivity contribution in [2.24, 2.45) is 11.8 Å². The van der Waals surface area contributed by atoms with E-state index < -0.39 is 0 Å². The van der Waals surface area contributed by atoms with Crippen molar-refractivity contribution in [2.75, 3.05) is 6.54 Å². The predicted molar refractivity (Wildman–Crippen MR) is 71.9 cm³/mol. The lowest BCUT2D eigenvalue weighted by molar-refractivity contribution is -0.123. The quantitative estimate of drug-likeness (QED) is 0.774. The number of hydrogen-bond donors (Lipinski definition) is 2. The van der Waals surface area contributed by atoms with Crippen molar-refractivity contribution < 1.29 is 4.79 Å². The summed E-state index contributed by atoms with van der Waals surface area (Å²) in [5.41, 5.74) is 0. The average Bonchev–Trinajstić information content (AvgIpc) is 2.28. The molecule has 3 nitrogen and oxygen atoms in total. The van der Waals surface area contributed by atoms with Gasteiger partial charge in [0, 0.05) is 18.5 Å². The third-order valence-electron chi connectivity index (χ3n) is 4.02. The van der Waals surface area contributed by atoms with Crippen LogP contribution in [0.4, 0.5) is 0 Å². The molecular weight excluding hydrogens is 212 g/mol. The number of carbonyl (C=O) groups is 1. The molecule has 1 heterocycles. The Balaban J connectivity index is 2.37. The molecule has 0 aromatic carbocycles. The highest BCUT2D eigenvalue weighted by atomic mass is 16.1. The van der Waals surface area contributed by atoms with Crippen LogP contribution in [0.2, 0.25) is 0 Å². The Labute approximate surface area is 106 Å². The first kappa shape index (κ1) is 14.5. The molecule has 0 aliphatic carbocycles. The van der Waals surface area contributed by atoms with Crippen LogP contribution in [0.3, 0.4) is 0 Å². The van der Waals surface area contributed by atoms with Gasteiger partial charge >= 0.3 is 0 Å². The molecule has 1 aliphatic heterocycles. The average molecular weight is 240 g/mol. The summed E-state index contributed by atoms with van der Waals surface area (Å²) in [4.78, 5) is 12.0. The second kappa shape index (κ2) is 7.00. The molecule has 3 atom stereocenters. The van der Waals surface area contributed by atoms with Gasteiger partial charge in [0.25, 0.3) is 0 Å². The monoisotopic (exact) mass is 240 g/mol. The highest BCUT2D eigenvalue weighted by Gasteiger charge is 2.23.